The number of benzene rings is 1. The van der Waals surface area contributed by atoms with Crippen LogP contribution < -0.4 is 5.32 Å². The van der Waals surface area contributed by atoms with Crippen molar-refractivity contribution < 1.29 is 18.3 Å². The maximum Gasteiger partial charge on any atom is 0.416 e. The molecule has 2 N–H and O–H groups in total. The molecule has 1 heterocycles. The molecule has 0 radical (unpaired) electrons. The normalized spacial score (nSPS) is 22.9. The van der Waals surface area contributed by atoms with E-state index >= 15 is 0 Å². The lowest BCUT2D eigenvalue weighted by molar-refractivity contribution is -0.137. The third-order valence-corrected chi connectivity index (χ3v) is 4.19. The highest BCUT2D eigenvalue weighted by Crippen LogP contribution is 2.35. The summed E-state index contributed by atoms with van der Waals surface area (Å²) in [6.07, 6.45) is -0.577. The summed E-state index contributed by atoms with van der Waals surface area (Å²) in [5.41, 5.74) is -0.743. The maximum absolute atomic E-state index is 12.7. The molecule has 0 aromatic heterocycles. The predicted octanol–water partition coefficient (Wildman–Crippen LogP) is 3.75. The van der Waals surface area contributed by atoms with Crippen LogP contribution in [0.25, 0.3) is 0 Å². The third-order valence-electron chi connectivity index (χ3n) is 4.19. The highest BCUT2D eigenvalue weighted by Gasteiger charge is 2.33. The van der Waals surface area contributed by atoms with Gasteiger partial charge in [-0.05, 0) is 62.9 Å². The smallest absolute Gasteiger partial charge is 0.385 e. The van der Waals surface area contributed by atoms with Crippen LogP contribution in [-0.2, 0) is 11.8 Å². The van der Waals surface area contributed by atoms with Crippen LogP contribution in [0.1, 0.15) is 49.3 Å². The Balaban J connectivity index is 2.19. The summed E-state index contributed by atoms with van der Waals surface area (Å²) in [6, 6.07) is 3.78. The van der Waals surface area contributed by atoms with E-state index < -0.39 is 17.3 Å². The Morgan fingerprint density at radius 3 is 2.52 bits per heavy atom. The van der Waals surface area contributed by atoms with Crippen molar-refractivity contribution in [3.63, 3.8) is 0 Å². The molecular weight excluding hydrogens is 279 g/mol. The minimum atomic E-state index is -4.35. The van der Waals surface area contributed by atoms with E-state index in [1.54, 1.807) is 13.8 Å². The quantitative estimate of drug-likeness (QED) is 0.891. The molecule has 1 fully saturated rings. The number of rotatable bonds is 3. The fourth-order valence-electron chi connectivity index (χ4n) is 3.13. The highest BCUT2D eigenvalue weighted by molar-refractivity contribution is 5.36. The van der Waals surface area contributed by atoms with Gasteiger partial charge in [0.25, 0.3) is 0 Å². The second kappa shape index (κ2) is 5.97. The van der Waals surface area contributed by atoms with Crippen molar-refractivity contribution in [1.82, 2.24) is 5.32 Å². The number of piperidine rings is 1. The lowest BCUT2D eigenvalue weighted by Gasteiger charge is -2.33. The zero-order chi connectivity index (χ0) is 15.7. The monoisotopic (exact) mass is 301 g/mol. The number of aliphatic hydroxyl groups is 1. The Kier molecular flexibility index (Phi) is 4.63. The predicted molar refractivity (Wildman–Crippen MR) is 76.0 cm³/mol. The summed E-state index contributed by atoms with van der Waals surface area (Å²) in [4.78, 5) is 0. The van der Waals surface area contributed by atoms with Crippen LogP contribution in [0.15, 0.2) is 18.2 Å². The molecule has 1 aliphatic heterocycles. The Morgan fingerprint density at radius 1 is 1.29 bits per heavy atom. The molecule has 2 unspecified atom stereocenters. The molecule has 0 amide bonds. The Hall–Kier alpha value is -1.07. The van der Waals surface area contributed by atoms with Crippen LogP contribution in [0.4, 0.5) is 13.2 Å². The van der Waals surface area contributed by atoms with Crippen LogP contribution in [0.2, 0.25) is 0 Å². The van der Waals surface area contributed by atoms with Gasteiger partial charge in [0.2, 0.25) is 0 Å². The molecule has 5 heteroatoms. The molecule has 0 saturated carbocycles. The van der Waals surface area contributed by atoms with E-state index in [0.717, 1.165) is 37.9 Å². The summed E-state index contributed by atoms with van der Waals surface area (Å²) in [5, 5.41) is 14.1. The van der Waals surface area contributed by atoms with Gasteiger partial charge in [-0.25, -0.2) is 0 Å². The van der Waals surface area contributed by atoms with Crippen molar-refractivity contribution in [3.8, 4) is 0 Å². The first kappa shape index (κ1) is 16.3. The summed E-state index contributed by atoms with van der Waals surface area (Å²) >= 11 is 0. The Bertz CT molecular complexity index is 491. The molecule has 2 nitrogen and oxygen atoms in total. The first-order valence-corrected chi connectivity index (χ1v) is 7.34. The summed E-state index contributed by atoms with van der Waals surface area (Å²) in [7, 11) is 0. The molecule has 1 aromatic carbocycles. The standard InChI is InChI=1S/C16H22F3NO/c1-11-9-12(16(17,18)19)6-7-14(11)15(2,21)10-13-5-3-4-8-20-13/h6-7,9,13,20-21H,3-5,8,10H2,1-2H3. The van der Waals surface area contributed by atoms with Gasteiger partial charge in [0.1, 0.15) is 0 Å². The first-order valence-electron chi connectivity index (χ1n) is 7.34. The van der Waals surface area contributed by atoms with Crippen molar-refractivity contribution in [3.05, 3.63) is 34.9 Å². The van der Waals surface area contributed by atoms with Crippen molar-refractivity contribution in [2.75, 3.05) is 6.54 Å². The second-order valence-electron chi connectivity index (χ2n) is 6.15. The number of hydrogen-bond acceptors (Lipinski definition) is 2. The SMILES string of the molecule is Cc1cc(C(F)(F)F)ccc1C(C)(O)CC1CCCCN1. The van der Waals surface area contributed by atoms with E-state index in [2.05, 4.69) is 5.32 Å². The van der Waals surface area contributed by atoms with Crippen LogP contribution in [-0.4, -0.2) is 17.7 Å². The minimum Gasteiger partial charge on any atom is -0.385 e. The number of nitrogens with one attached hydrogen (secondary N) is 1. The van der Waals surface area contributed by atoms with E-state index in [4.69, 9.17) is 0 Å². The van der Waals surface area contributed by atoms with Crippen molar-refractivity contribution >= 4 is 0 Å². The molecule has 1 aromatic rings. The molecule has 2 rings (SSSR count). The summed E-state index contributed by atoms with van der Waals surface area (Å²) in [5.74, 6) is 0. The molecule has 2 atom stereocenters. The summed E-state index contributed by atoms with van der Waals surface area (Å²) < 4.78 is 38.1. The average Bonchev–Trinajstić information content (AvgIpc) is 2.37. The molecule has 118 valence electrons. The van der Waals surface area contributed by atoms with Gasteiger partial charge in [-0.2, -0.15) is 13.2 Å². The minimum absolute atomic E-state index is 0.218. The summed E-state index contributed by atoms with van der Waals surface area (Å²) in [6.45, 7) is 4.24. The maximum atomic E-state index is 12.7. The zero-order valence-electron chi connectivity index (χ0n) is 12.4. The van der Waals surface area contributed by atoms with Gasteiger partial charge in [0.05, 0.1) is 11.2 Å². The van der Waals surface area contributed by atoms with Gasteiger partial charge in [0, 0.05) is 6.04 Å². The van der Waals surface area contributed by atoms with Gasteiger partial charge in [0.15, 0.2) is 0 Å². The molecule has 0 aliphatic carbocycles. The zero-order valence-corrected chi connectivity index (χ0v) is 12.4. The third kappa shape index (κ3) is 3.98. The molecule has 0 bridgehead atoms. The molecular formula is C16H22F3NO. The second-order valence-corrected chi connectivity index (χ2v) is 6.15. The molecule has 1 saturated heterocycles. The number of alkyl halides is 3. The molecule has 0 spiro atoms. The van der Waals surface area contributed by atoms with Gasteiger partial charge < -0.3 is 10.4 Å². The van der Waals surface area contributed by atoms with E-state index in [1.165, 1.54) is 6.07 Å². The Morgan fingerprint density at radius 2 is 2.00 bits per heavy atom. The van der Waals surface area contributed by atoms with Crippen molar-refractivity contribution in [1.29, 1.82) is 0 Å². The van der Waals surface area contributed by atoms with Crippen LogP contribution >= 0.6 is 0 Å². The van der Waals surface area contributed by atoms with Crippen molar-refractivity contribution in [2.45, 2.75) is 57.3 Å². The number of aryl methyl sites for hydroxylation is 1. The highest BCUT2D eigenvalue weighted by atomic mass is 19.4. The van der Waals surface area contributed by atoms with Crippen molar-refractivity contribution in [2.24, 2.45) is 0 Å². The van der Waals surface area contributed by atoms with E-state index in [0.29, 0.717) is 17.5 Å². The molecule has 1 aliphatic rings. The van der Waals surface area contributed by atoms with Gasteiger partial charge in [-0.15, -0.1) is 0 Å². The van der Waals surface area contributed by atoms with E-state index in [-0.39, 0.29) is 6.04 Å². The van der Waals surface area contributed by atoms with Gasteiger partial charge >= 0.3 is 6.18 Å². The van der Waals surface area contributed by atoms with Gasteiger partial charge in [-0.3, -0.25) is 0 Å². The van der Waals surface area contributed by atoms with E-state index in [1.807, 2.05) is 0 Å². The topological polar surface area (TPSA) is 32.3 Å². The fourth-order valence-corrected chi connectivity index (χ4v) is 3.13. The lowest BCUT2D eigenvalue weighted by atomic mass is 9.84. The van der Waals surface area contributed by atoms with Crippen LogP contribution in [0, 0.1) is 6.92 Å². The molecule has 21 heavy (non-hydrogen) atoms. The number of halogens is 3. The van der Waals surface area contributed by atoms with Gasteiger partial charge in [-0.1, -0.05) is 12.5 Å². The largest absolute Gasteiger partial charge is 0.416 e. The Labute approximate surface area is 123 Å². The van der Waals surface area contributed by atoms with E-state index in [9.17, 15) is 18.3 Å². The number of hydrogen-bond donors (Lipinski definition) is 2. The fraction of sp³-hybridized carbons (Fsp3) is 0.625. The average molecular weight is 301 g/mol. The lowest BCUT2D eigenvalue weighted by Crippen LogP contribution is -2.40. The van der Waals surface area contributed by atoms with Crippen LogP contribution in [0.3, 0.4) is 0 Å². The first-order chi connectivity index (χ1) is 9.70. The van der Waals surface area contributed by atoms with Crippen LogP contribution in [0.5, 0.6) is 0 Å².